The first-order chi connectivity index (χ1) is 21.9. The molecule has 2 heterocycles. The van der Waals surface area contributed by atoms with Crippen LogP contribution in [0.5, 0.6) is 0 Å². The van der Waals surface area contributed by atoms with Crippen LogP contribution in [0.2, 0.25) is 13.1 Å². The van der Waals surface area contributed by atoms with Gasteiger partial charge in [-0.3, -0.25) is 0 Å². The summed E-state index contributed by atoms with van der Waals surface area (Å²) >= 11 is 0. The molecule has 0 N–H and O–H groups in total. The second-order valence-electron chi connectivity index (χ2n) is 12.9. The molecule has 0 spiro atoms. The Bertz CT molecular complexity index is 1980. The molecule has 2 aliphatic carbocycles. The van der Waals surface area contributed by atoms with Gasteiger partial charge in [0, 0.05) is 12.8 Å². The second kappa shape index (κ2) is 10.6. The van der Waals surface area contributed by atoms with Crippen molar-refractivity contribution in [2.24, 2.45) is 0 Å². The van der Waals surface area contributed by atoms with Gasteiger partial charge in [0.1, 0.15) is 31.1 Å². The van der Waals surface area contributed by atoms with Crippen LogP contribution in [0.1, 0.15) is 45.3 Å². The minimum atomic E-state index is -2.50. The Morgan fingerprint density at radius 3 is 1.27 bits per heavy atom. The van der Waals surface area contributed by atoms with E-state index < -0.39 is 8.07 Å². The average Bonchev–Trinajstić information content (AvgIpc) is 3.86. The molecule has 4 aromatic carbocycles. The molecule has 220 valence electrons. The molecule has 0 saturated carbocycles. The zero-order valence-electron chi connectivity index (χ0n) is 26.3. The normalized spacial score (nSPS) is 14.3. The molecular formula is C42H36O2Si. The summed E-state index contributed by atoms with van der Waals surface area (Å²) in [6.45, 7) is 9.19. The molecule has 0 unspecified atom stereocenters. The van der Waals surface area contributed by atoms with Crippen LogP contribution in [0.25, 0.3) is 43.8 Å². The maximum Gasteiger partial charge on any atom is 0.130 e. The van der Waals surface area contributed by atoms with E-state index in [0.717, 1.165) is 35.9 Å². The Morgan fingerprint density at radius 2 is 0.889 bits per heavy atom. The highest BCUT2D eigenvalue weighted by molar-refractivity contribution is 7.10. The maximum absolute atomic E-state index is 6.44. The van der Waals surface area contributed by atoms with E-state index in [0.29, 0.717) is 0 Å². The van der Waals surface area contributed by atoms with Gasteiger partial charge in [-0.05, 0) is 104 Å². The fourth-order valence-corrected chi connectivity index (χ4v) is 11.8. The van der Waals surface area contributed by atoms with Crippen molar-refractivity contribution in [3.63, 3.8) is 0 Å². The lowest BCUT2D eigenvalue weighted by atomic mass is 9.97. The molecule has 8 rings (SSSR count). The summed E-state index contributed by atoms with van der Waals surface area (Å²) in [4.78, 5) is 0. The van der Waals surface area contributed by atoms with Crippen molar-refractivity contribution in [2.45, 2.75) is 39.8 Å². The number of benzene rings is 4. The van der Waals surface area contributed by atoms with Crippen molar-refractivity contribution in [2.75, 3.05) is 0 Å². The number of fused-ring (bicyclic) bond motifs is 2. The van der Waals surface area contributed by atoms with Gasteiger partial charge in [0.25, 0.3) is 0 Å². The van der Waals surface area contributed by atoms with Gasteiger partial charge in [-0.15, -0.1) is 0 Å². The molecule has 6 aromatic rings. The zero-order chi connectivity index (χ0) is 30.7. The Labute approximate surface area is 266 Å². The SMILES string of the molecule is Cc1ccc(C2=C([Si](C)(C)C3=C(c4ccc(C)o4)Cc4cccc(-c5ccccc5)c43)c3c(cccc3-c3ccccc3)C2)o1. The van der Waals surface area contributed by atoms with Crippen LogP contribution in [0.4, 0.5) is 0 Å². The average molecular weight is 601 g/mol. The Kier molecular flexibility index (Phi) is 6.54. The molecule has 45 heavy (non-hydrogen) atoms. The van der Waals surface area contributed by atoms with Gasteiger partial charge in [0.15, 0.2) is 0 Å². The lowest BCUT2D eigenvalue weighted by Crippen LogP contribution is -2.31. The molecule has 2 aliphatic rings. The van der Waals surface area contributed by atoms with Crippen molar-refractivity contribution < 1.29 is 8.83 Å². The van der Waals surface area contributed by atoms with Crippen LogP contribution in [0, 0.1) is 13.8 Å². The molecule has 0 amide bonds. The predicted octanol–water partition coefficient (Wildman–Crippen LogP) is 11.2. The van der Waals surface area contributed by atoms with Gasteiger partial charge in [0.05, 0.1) is 0 Å². The van der Waals surface area contributed by atoms with Gasteiger partial charge in [-0.25, -0.2) is 0 Å². The van der Waals surface area contributed by atoms with E-state index in [9.17, 15) is 0 Å². The van der Waals surface area contributed by atoms with Crippen molar-refractivity contribution in [1.29, 1.82) is 0 Å². The van der Waals surface area contributed by atoms with E-state index in [1.54, 1.807) is 0 Å². The highest BCUT2D eigenvalue weighted by Gasteiger charge is 2.45. The first kappa shape index (κ1) is 27.7. The highest BCUT2D eigenvalue weighted by atomic mass is 28.3. The Balaban J connectivity index is 1.45. The fourth-order valence-electron chi connectivity index (χ4n) is 7.78. The molecule has 0 aliphatic heterocycles. The lowest BCUT2D eigenvalue weighted by molar-refractivity contribution is 0.520. The number of hydrogen-bond acceptors (Lipinski definition) is 2. The van der Waals surface area contributed by atoms with Crippen LogP contribution in [-0.2, 0) is 12.8 Å². The third kappa shape index (κ3) is 4.53. The number of aryl methyl sites for hydroxylation is 2. The molecule has 0 atom stereocenters. The zero-order valence-corrected chi connectivity index (χ0v) is 27.3. The van der Waals surface area contributed by atoms with Gasteiger partial charge in [-0.1, -0.05) is 110 Å². The molecule has 2 aromatic heterocycles. The van der Waals surface area contributed by atoms with Gasteiger partial charge >= 0.3 is 0 Å². The first-order valence-corrected chi connectivity index (χ1v) is 18.9. The number of hydrogen-bond donors (Lipinski definition) is 0. The highest BCUT2D eigenvalue weighted by Crippen LogP contribution is 2.55. The van der Waals surface area contributed by atoms with Crippen molar-refractivity contribution in [3.8, 4) is 22.3 Å². The first-order valence-electron chi connectivity index (χ1n) is 15.9. The predicted molar refractivity (Wildman–Crippen MR) is 189 cm³/mol. The van der Waals surface area contributed by atoms with E-state index in [2.05, 4.69) is 134 Å². The second-order valence-corrected chi connectivity index (χ2v) is 17.2. The summed E-state index contributed by atoms with van der Waals surface area (Å²) in [6, 6.07) is 44.0. The van der Waals surface area contributed by atoms with Crippen molar-refractivity contribution in [3.05, 3.63) is 167 Å². The lowest BCUT2D eigenvalue weighted by Gasteiger charge is -2.32. The Hall–Kier alpha value is -4.86. The van der Waals surface area contributed by atoms with Gasteiger partial charge in [0.2, 0.25) is 0 Å². The number of rotatable bonds is 6. The van der Waals surface area contributed by atoms with E-state index in [1.807, 2.05) is 13.8 Å². The summed E-state index contributed by atoms with van der Waals surface area (Å²) in [5.74, 6) is 3.87. The molecule has 0 bridgehead atoms. The number of furan rings is 2. The third-order valence-corrected chi connectivity index (χ3v) is 13.2. The third-order valence-electron chi connectivity index (χ3n) is 9.63. The molecule has 0 saturated heterocycles. The maximum atomic E-state index is 6.44. The van der Waals surface area contributed by atoms with Crippen LogP contribution in [-0.4, -0.2) is 8.07 Å². The summed E-state index contributed by atoms with van der Waals surface area (Å²) in [5, 5.41) is 2.94. The summed E-state index contributed by atoms with van der Waals surface area (Å²) in [6.07, 6.45) is 1.73. The van der Waals surface area contributed by atoms with Crippen LogP contribution < -0.4 is 0 Å². The van der Waals surface area contributed by atoms with Crippen LogP contribution in [0.15, 0.2) is 130 Å². The summed E-state index contributed by atoms with van der Waals surface area (Å²) in [5.41, 5.74) is 13.3. The van der Waals surface area contributed by atoms with Crippen LogP contribution >= 0.6 is 0 Å². The molecule has 0 radical (unpaired) electrons. The Morgan fingerprint density at radius 1 is 0.467 bits per heavy atom. The smallest absolute Gasteiger partial charge is 0.130 e. The fraction of sp³-hybridized carbons (Fsp3) is 0.143. The van der Waals surface area contributed by atoms with Crippen molar-refractivity contribution >= 4 is 29.6 Å². The van der Waals surface area contributed by atoms with E-state index in [1.165, 1.54) is 66.0 Å². The van der Waals surface area contributed by atoms with Crippen molar-refractivity contribution in [1.82, 2.24) is 0 Å². The largest absolute Gasteiger partial charge is 0.462 e. The minimum absolute atomic E-state index is 0.865. The van der Waals surface area contributed by atoms with Crippen LogP contribution in [0.3, 0.4) is 0 Å². The van der Waals surface area contributed by atoms with E-state index in [4.69, 9.17) is 8.83 Å². The molecule has 3 heteroatoms. The summed E-state index contributed by atoms with van der Waals surface area (Å²) < 4.78 is 12.9. The number of allylic oxidation sites excluding steroid dienone is 2. The minimum Gasteiger partial charge on any atom is -0.462 e. The van der Waals surface area contributed by atoms with E-state index >= 15 is 0 Å². The van der Waals surface area contributed by atoms with Gasteiger partial charge < -0.3 is 8.83 Å². The molecular weight excluding hydrogens is 565 g/mol. The van der Waals surface area contributed by atoms with E-state index in [-0.39, 0.29) is 0 Å². The monoisotopic (exact) mass is 600 g/mol. The summed E-state index contributed by atoms with van der Waals surface area (Å²) in [7, 11) is -2.50. The molecule has 2 nitrogen and oxygen atoms in total. The standard InChI is InChI=1S/C42H36O2Si/c1-27-21-23-37(43-27)35-25-31-17-11-19-33(29-13-7-5-8-14-29)39(31)41(35)45(3,4)42-36(38-24-22-28(2)44-38)26-32-18-12-20-34(40(32)42)30-15-9-6-10-16-30/h5-24H,25-26H2,1-4H3. The quantitative estimate of drug-likeness (QED) is 0.178. The topological polar surface area (TPSA) is 26.3 Å². The van der Waals surface area contributed by atoms with Gasteiger partial charge in [-0.2, -0.15) is 0 Å². The molecule has 0 fully saturated rings.